The van der Waals surface area contributed by atoms with Gasteiger partial charge in [-0.25, -0.2) is 4.79 Å². The maximum Gasteiger partial charge on any atom is 0.327 e. The van der Waals surface area contributed by atoms with Crippen molar-refractivity contribution in [2.45, 2.75) is 19.3 Å². The van der Waals surface area contributed by atoms with Gasteiger partial charge < -0.3 is 10.0 Å². The number of nitrogens with one attached hydrogen (secondary N) is 2. The molecule has 5 heteroatoms. The maximum absolute atomic E-state index is 10.9. The molecule has 72 valence electrons. The Morgan fingerprint density at radius 1 is 1.15 bits per heavy atom. The Hall–Kier alpha value is -1.39. The average Bonchev–Trinajstić information content (AvgIpc) is 2.47. The Morgan fingerprint density at radius 2 is 1.85 bits per heavy atom. The minimum atomic E-state index is -0.349. The van der Waals surface area contributed by atoms with E-state index in [2.05, 4.69) is 9.97 Å². The summed E-state index contributed by atoms with van der Waals surface area (Å²) in [5.41, 5.74) is -0.349. The molecule has 2 heterocycles. The number of aromatic hydroxyl groups is 1. The fraction of sp³-hybridized carbons (Fsp3) is 0.625. The van der Waals surface area contributed by atoms with E-state index < -0.39 is 0 Å². The monoisotopic (exact) mass is 183 g/mol. The second-order valence-electron chi connectivity index (χ2n) is 3.32. The van der Waals surface area contributed by atoms with Crippen LogP contribution in [0.15, 0.2) is 4.79 Å². The molecule has 0 saturated carbocycles. The fourth-order valence-electron chi connectivity index (χ4n) is 1.71. The second kappa shape index (κ2) is 3.16. The molecule has 0 aliphatic carbocycles. The number of aromatic nitrogens is 2. The maximum atomic E-state index is 10.9. The topological polar surface area (TPSA) is 72.1 Å². The highest BCUT2D eigenvalue weighted by Gasteiger charge is 2.16. The predicted molar refractivity (Wildman–Crippen MR) is 49.1 cm³/mol. The van der Waals surface area contributed by atoms with Gasteiger partial charge in [0, 0.05) is 13.1 Å². The van der Waals surface area contributed by atoms with E-state index in [-0.39, 0.29) is 11.6 Å². The first-order chi connectivity index (χ1) is 6.27. The molecule has 0 bridgehead atoms. The van der Waals surface area contributed by atoms with Crippen LogP contribution >= 0.6 is 0 Å². The molecule has 0 spiro atoms. The van der Waals surface area contributed by atoms with Crippen molar-refractivity contribution in [3.63, 3.8) is 0 Å². The molecule has 13 heavy (non-hydrogen) atoms. The molecule has 0 unspecified atom stereocenters. The summed E-state index contributed by atoms with van der Waals surface area (Å²) < 4.78 is 0. The number of hydrogen-bond donors (Lipinski definition) is 3. The van der Waals surface area contributed by atoms with Crippen molar-refractivity contribution in [2.24, 2.45) is 0 Å². The lowest BCUT2D eigenvalue weighted by Crippen LogP contribution is -2.30. The summed E-state index contributed by atoms with van der Waals surface area (Å²) in [6, 6.07) is 0. The van der Waals surface area contributed by atoms with Gasteiger partial charge in [0.1, 0.15) is 0 Å². The van der Waals surface area contributed by atoms with Gasteiger partial charge in [-0.2, -0.15) is 0 Å². The van der Waals surface area contributed by atoms with E-state index >= 15 is 0 Å². The second-order valence-corrected chi connectivity index (χ2v) is 3.32. The largest absolute Gasteiger partial charge is 0.492 e. The van der Waals surface area contributed by atoms with Crippen LogP contribution in [0.1, 0.15) is 19.3 Å². The molecule has 3 N–H and O–H groups in total. The van der Waals surface area contributed by atoms with Crippen LogP contribution < -0.4 is 10.6 Å². The SMILES string of the molecule is O=c1[nH]c(O)c(N2CCCCC2)[nH]1. The highest BCUT2D eigenvalue weighted by atomic mass is 16.3. The summed E-state index contributed by atoms with van der Waals surface area (Å²) >= 11 is 0. The van der Waals surface area contributed by atoms with E-state index in [1.165, 1.54) is 6.42 Å². The number of rotatable bonds is 1. The lowest BCUT2D eigenvalue weighted by atomic mass is 10.1. The molecular formula is C8H13N3O2. The van der Waals surface area contributed by atoms with Crippen LogP contribution in [0.5, 0.6) is 5.88 Å². The lowest BCUT2D eigenvalue weighted by Gasteiger charge is -2.26. The number of imidazole rings is 1. The molecule has 1 aromatic heterocycles. The Labute approximate surface area is 75.4 Å². The normalized spacial score (nSPS) is 17.7. The Kier molecular flexibility index (Phi) is 2.00. The summed E-state index contributed by atoms with van der Waals surface area (Å²) in [7, 11) is 0. The van der Waals surface area contributed by atoms with E-state index in [9.17, 15) is 9.90 Å². The first-order valence-electron chi connectivity index (χ1n) is 4.53. The predicted octanol–water partition coefficient (Wildman–Crippen LogP) is 0.399. The van der Waals surface area contributed by atoms with Gasteiger partial charge in [-0.15, -0.1) is 0 Å². The number of hydrogen-bond acceptors (Lipinski definition) is 3. The van der Waals surface area contributed by atoms with Crippen LogP contribution in [-0.2, 0) is 0 Å². The molecule has 1 saturated heterocycles. The van der Waals surface area contributed by atoms with E-state index in [4.69, 9.17) is 0 Å². The number of aromatic amines is 2. The highest BCUT2D eigenvalue weighted by Crippen LogP contribution is 2.23. The molecule has 0 radical (unpaired) electrons. The summed E-state index contributed by atoms with van der Waals surface area (Å²) in [5.74, 6) is 0.483. The molecule has 1 aromatic rings. The van der Waals surface area contributed by atoms with Crippen molar-refractivity contribution < 1.29 is 5.11 Å². The summed E-state index contributed by atoms with van der Waals surface area (Å²) in [4.78, 5) is 17.7. The van der Waals surface area contributed by atoms with Gasteiger partial charge in [0.2, 0.25) is 5.88 Å². The van der Waals surface area contributed by atoms with Gasteiger partial charge in [0.25, 0.3) is 0 Å². The van der Waals surface area contributed by atoms with Crippen molar-refractivity contribution in [1.82, 2.24) is 9.97 Å². The molecule has 0 amide bonds. The van der Waals surface area contributed by atoms with Gasteiger partial charge in [0.15, 0.2) is 5.82 Å². The van der Waals surface area contributed by atoms with Crippen LogP contribution in [-0.4, -0.2) is 28.2 Å². The van der Waals surface area contributed by atoms with Crippen molar-refractivity contribution in [2.75, 3.05) is 18.0 Å². The third-order valence-corrected chi connectivity index (χ3v) is 2.36. The van der Waals surface area contributed by atoms with Crippen LogP contribution in [0.25, 0.3) is 0 Å². The minimum absolute atomic E-state index is 0.0492. The van der Waals surface area contributed by atoms with Gasteiger partial charge in [-0.05, 0) is 19.3 Å². The van der Waals surface area contributed by atoms with E-state index in [1.807, 2.05) is 4.90 Å². The average molecular weight is 183 g/mol. The van der Waals surface area contributed by atoms with Crippen LogP contribution in [0.3, 0.4) is 0 Å². The van der Waals surface area contributed by atoms with Gasteiger partial charge in [-0.3, -0.25) is 9.97 Å². The zero-order chi connectivity index (χ0) is 9.26. The molecule has 1 fully saturated rings. The lowest BCUT2D eigenvalue weighted by molar-refractivity contribution is 0.451. The van der Waals surface area contributed by atoms with Crippen molar-refractivity contribution >= 4 is 5.82 Å². The summed E-state index contributed by atoms with van der Waals surface area (Å²) in [6.07, 6.45) is 3.46. The molecule has 2 rings (SSSR count). The fourth-order valence-corrected chi connectivity index (χ4v) is 1.71. The van der Waals surface area contributed by atoms with E-state index in [0.717, 1.165) is 25.9 Å². The quantitative estimate of drug-likeness (QED) is 0.590. The molecule has 0 atom stereocenters. The Balaban J connectivity index is 2.23. The number of nitrogens with zero attached hydrogens (tertiary/aromatic N) is 1. The Bertz CT molecular complexity index is 335. The van der Waals surface area contributed by atoms with Crippen molar-refractivity contribution in [3.05, 3.63) is 10.5 Å². The van der Waals surface area contributed by atoms with Crippen LogP contribution in [0.4, 0.5) is 5.82 Å². The van der Waals surface area contributed by atoms with Crippen LogP contribution in [0.2, 0.25) is 0 Å². The third-order valence-electron chi connectivity index (χ3n) is 2.36. The van der Waals surface area contributed by atoms with E-state index in [0.29, 0.717) is 5.82 Å². The highest BCUT2D eigenvalue weighted by molar-refractivity contribution is 5.47. The standard InChI is InChI=1S/C8H13N3O2/c12-7-6(9-8(13)10-7)11-4-2-1-3-5-11/h12H,1-5H2,(H2,9,10,13). The molecular weight excluding hydrogens is 170 g/mol. The van der Waals surface area contributed by atoms with Crippen LogP contribution in [0, 0.1) is 0 Å². The first kappa shape index (κ1) is 8.22. The minimum Gasteiger partial charge on any atom is -0.492 e. The third kappa shape index (κ3) is 1.54. The first-order valence-corrected chi connectivity index (χ1v) is 4.53. The van der Waals surface area contributed by atoms with Gasteiger partial charge >= 0.3 is 5.69 Å². The summed E-state index contributed by atoms with van der Waals surface area (Å²) in [6.45, 7) is 1.81. The zero-order valence-electron chi connectivity index (χ0n) is 7.34. The number of anilines is 1. The van der Waals surface area contributed by atoms with Crippen molar-refractivity contribution in [3.8, 4) is 5.88 Å². The molecule has 5 nitrogen and oxygen atoms in total. The molecule has 0 aromatic carbocycles. The van der Waals surface area contributed by atoms with Crippen molar-refractivity contribution in [1.29, 1.82) is 0 Å². The van der Waals surface area contributed by atoms with Gasteiger partial charge in [-0.1, -0.05) is 0 Å². The Morgan fingerprint density at radius 3 is 2.38 bits per heavy atom. The van der Waals surface area contributed by atoms with Gasteiger partial charge in [0.05, 0.1) is 0 Å². The smallest absolute Gasteiger partial charge is 0.327 e. The number of piperidine rings is 1. The summed E-state index contributed by atoms with van der Waals surface area (Å²) in [5, 5.41) is 9.36. The zero-order valence-corrected chi connectivity index (χ0v) is 7.34. The molecule has 1 aliphatic heterocycles. The number of H-pyrrole nitrogens is 2. The molecule has 1 aliphatic rings. The van der Waals surface area contributed by atoms with E-state index in [1.54, 1.807) is 0 Å².